The van der Waals surface area contributed by atoms with Gasteiger partial charge in [0.25, 0.3) is 0 Å². The number of nitrogens with zero attached hydrogens (tertiary/aromatic N) is 2. The third-order valence-corrected chi connectivity index (χ3v) is 8.55. The second-order valence-electron chi connectivity index (χ2n) is 4.01. The molecule has 0 radical (unpaired) electrons. The van der Waals surface area contributed by atoms with E-state index in [-0.39, 0.29) is 0 Å². The summed E-state index contributed by atoms with van der Waals surface area (Å²) in [6.45, 7) is 4.13. The van der Waals surface area contributed by atoms with Crippen LogP contribution in [-0.2, 0) is 0 Å². The summed E-state index contributed by atoms with van der Waals surface area (Å²) in [4.78, 5) is 8.94. The number of hydrogen-bond acceptors (Lipinski definition) is 2. The highest BCUT2D eigenvalue weighted by Crippen LogP contribution is 2.40. The number of hydrogen-bond donors (Lipinski definition) is 0. The average Bonchev–Trinajstić information content (AvgIpc) is 2.40. The van der Waals surface area contributed by atoms with E-state index >= 15 is 0 Å². The Hall–Kier alpha value is 1.80. The van der Waals surface area contributed by atoms with E-state index in [1.165, 1.54) is 9.13 Å². The molecule has 0 aliphatic carbocycles. The Balaban J connectivity index is 2.89. The monoisotopic (exact) mass is 756 g/mol. The van der Waals surface area contributed by atoms with Gasteiger partial charge in [-0.05, 0) is 115 Å². The lowest BCUT2D eigenvalue weighted by atomic mass is 10.1. The SMILES string of the molecule is Cc1c(I)nc(-c2c(Cl)c(I)nc(Cl)c2I)c(C)c1I. The summed E-state index contributed by atoms with van der Waals surface area (Å²) in [5.74, 6) is 0. The van der Waals surface area contributed by atoms with Gasteiger partial charge in [0, 0.05) is 9.13 Å². The van der Waals surface area contributed by atoms with Crippen molar-refractivity contribution in [1.82, 2.24) is 9.97 Å². The molecule has 0 atom stereocenters. The van der Waals surface area contributed by atoms with Gasteiger partial charge in [0.2, 0.25) is 0 Å². The summed E-state index contributed by atoms with van der Waals surface area (Å²) >= 11 is 21.5. The zero-order chi connectivity index (χ0) is 15.2. The van der Waals surface area contributed by atoms with E-state index in [9.17, 15) is 0 Å². The second kappa shape index (κ2) is 7.14. The van der Waals surface area contributed by atoms with Crippen LogP contribution >= 0.6 is 114 Å². The maximum Gasteiger partial charge on any atom is 0.144 e. The van der Waals surface area contributed by atoms with Crippen molar-refractivity contribution < 1.29 is 0 Å². The van der Waals surface area contributed by atoms with Gasteiger partial charge < -0.3 is 0 Å². The molecule has 106 valence electrons. The molecule has 0 aromatic carbocycles. The van der Waals surface area contributed by atoms with Gasteiger partial charge in [-0.3, -0.25) is 0 Å². The smallest absolute Gasteiger partial charge is 0.144 e. The third-order valence-electron chi connectivity index (χ3n) is 2.77. The zero-order valence-electron chi connectivity index (χ0n) is 10.2. The summed E-state index contributed by atoms with van der Waals surface area (Å²) in [7, 11) is 0. The fraction of sp³-hybridized carbons (Fsp3) is 0.167. The fourth-order valence-corrected chi connectivity index (χ4v) is 5.08. The standard InChI is InChI=1S/C12H6Cl2I4N2/c1-3-7(15)4(2)11(17)19-9(3)5-6(13)12(18)20-10(14)8(5)16/h1-2H3. The average molecular weight is 757 g/mol. The quantitative estimate of drug-likeness (QED) is 0.246. The largest absolute Gasteiger partial charge is 0.241 e. The lowest BCUT2D eigenvalue weighted by Crippen LogP contribution is -2.03. The van der Waals surface area contributed by atoms with Gasteiger partial charge in [-0.1, -0.05) is 23.2 Å². The van der Waals surface area contributed by atoms with Crippen molar-refractivity contribution in [1.29, 1.82) is 0 Å². The van der Waals surface area contributed by atoms with Crippen LogP contribution in [0, 0.1) is 28.4 Å². The minimum absolute atomic E-state index is 0.459. The molecule has 2 aromatic rings. The van der Waals surface area contributed by atoms with Crippen molar-refractivity contribution >= 4 is 114 Å². The molecule has 2 nitrogen and oxygen atoms in total. The molecule has 2 rings (SSSR count). The molecule has 0 aliphatic rings. The Bertz CT molecular complexity index is 693. The van der Waals surface area contributed by atoms with Crippen LogP contribution in [0.25, 0.3) is 11.3 Å². The van der Waals surface area contributed by atoms with Crippen LogP contribution in [0.4, 0.5) is 0 Å². The van der Waals surface area contributed by atoms with Gasteiger partial charge in [0.15, 0.2) is 0 Å². The van der Waals surface area contributed by atoms with E-state index in [0.29, 0.717) is 13.9 Å². The Morgan fingerprint density at radius 2 is 1.40 bits per heavy atom. The first-order chi connectivity index (χ1) is 9.25. The van der Waals surface area contributed by atoms with Gasteiger partial charge in [-0.2, -0.15) is 0 Å². The molecular weight excluding hydrogens is 751 g/mol. The topological polar surface area (TPSA) is 25.8 Å². The highest BCUT2D eigenvalue weighted by atomic mass is 127. The maximum absolute atomic E-state index is 6.44. The van der Waals surface area contributed by atoms with Crippen LogP contribution in [0.1, 0.15) is 11.1 Å². The van der Waals surface area contributed by atoms with E-state index in [1.807, 2.05) is 0 Å². The summed E-state index contributed by atoms with van der Waals surface area (Å²) in [6, 6.07) is 0. The van der Waals surface area contributed by atoms with Gasteiger partial charge in [-0.25, -0.2) is 9.97 Å². The van der Waals surface area contributed by atoms with E-state index in [0.717, 1.165) is 24.1 Å². The van der Waals surface area contributed by atoms with Crippen molar-refractivity contribution in [3.8, 4) is 11.3 Å². The molecule has 20 heavy (non-hydrogen) atoms. The van der Waals surface area contributed by atoms with Crippen LogP contribution in [0.3, 0.4) is 0 Å². The lowest BCUT2D eigenvalue weighted by molar-refractivity contribution is 1.15. The molecule has 0 fully saturated rings. The molecular formula is C12H6Cl2I4N2. The molecule has 0 amide bonds. The first-order valence-corrected chi connectivity index (χ1v) is 10.3. The van der Waals surface area contributed by atoms with Crippen LogP contribution < -0.4 is 0 Å². The van der Waals surface area contributed by atoms with Gasteiger partial charge in [0.05, 0.1) is 14.3 Å². The molecule has 0 bridgehead atoms. The van der Waals surface area contributed by atoms with Crippen molar-refractivity contribution in [3.63, 3.8) is 0 Å². The van der Waals surface area contributed by atoms with Crippen LogP contribution in [0.5, 0.6) is 0 Å². The second-order valence-corrected chi connectivity index (χ2v) is 8.95. The van der Waals surface area contributed by atoms with Gasteiger partial charge in [-0.15, -0.1) is 0 Å². The number of halogens is 6. The predicted octanol–water partition coefficient (Wildman–Crippen LogP) is 6.49. The summed E-state index contributed by atoms with van der Waals surface area (Å²) in [6.07, 6.45) is 0. The maximum atomic E-state index is 6.44. The molecule has 2 heterocycles. The molecule has 0 saturated carbocycles. The van der Waals surface area contributed by atoms with E-state index in [1.54, 1.807) is 0 Å². The van der Waals surface area contributed by atoms with Crippen LogP contribution in [0.15, 0.2) is 0 Å². The highest BCUT2D eigenvalue weighted by molar-refractivity contribution is 14.1. The van der Waals surface area contributed by atoms with Crippen LogP contribution in [-0.4, -0.2) is 9.97 Å². The Labute approximate surface area is 181 Å². The highest BCUT2D eigenvalue weighted by Gasteiger charge is 2.21. The molecule has 0 spiro atoms. The summed E-state index contributed by atoms with van der Waals surface area (Å²) < 4.78 is 3.70. The van der Waals surface area contributed by atoms with Crippen molar-refractivity contribution in [2.45, 2.75) is 13.8 Å². The van der Waals surface area contributed by atoms with Gasteiger partial charge >= 0.3 is 0 Å². The fourth-order valence-electron chi connectivity index (χ4n) is 1.68. The van der Waals surface area contributed by atoms with Crippen molar-refractivity contribution in [2.75, 3.05) is 0 Å². The van der Waals surface area contributed by atoms with E-state index in [2.05, 4.69) is 109 Å². The summed E-state index contributed by atoms with van der Waals surface area (Å²) in [5.41, 5.74) is 4.04. The van der Waals surface area contributed by atoms with Gasteiger partial charge in [0.1, 0.15) is 12.6 Å². The minimum atomic E-state index is 0.459. The number of pyridine rings is 2. The first-order valence-electron chi connectivity index (χ1n) is 5.28. The van der Waals surface area contributed by atoms with Crippen molar-refractivity contribution in [3.05, 3.63) is 35.8 Å². The molecule has 0 saturated heterocycles. The third kappa shape index (κ3) is 3.34. The lowest BCUT2D eigenvalue weighted by Gasteiger charge is -2.15. The Morgan fingerprint density at radius 3 is 2.00 bits per heavy atom. The zero-order valence-corrected chi connectivity index (χ0v) is 20.3. The van der Waals surface area contributed by atoms with E-state index in [4.69, 9.17) is 28.2 Å². The van der Waals surface area contributed by atoms with Crippen LogP contribution in [0.2, 0.25) is 10.2 Å². The minimum Gasteiger partial charge on any atom is -0.241 e. The Morgan fingerprint density at radius 1 is 0.800 bits per heavy atom. The number of aromatic nitrogens is 2. The molecule has 0 aliphatic heterocycles. The Kier molecular flexibility index (Phi) is 6.48. The summed E-state index contributed by atoms with van der Waals surface area (Å²) in [5, 5.41) is 1.06. The molecule has 0 unspecified atom stereocenters. The number of rotatable bonds is 1. The predicted molar refractivity (Wildman–Crippen MR) is 118 cm³/mol. The van der Waals surface area contributed by atoms with Crippen molar-refractivity contribution in [2.24, 2.45) is 0 Å². The van der Waals surface area contributed by atoms with E-state index < -0.39 is 0 Å². The first kappa shape index (κ1) is 18.1. The molecule has 2 aromatic heterocycles. The molecule has 8 heteroatoms. The normalized spacial score (nSPS) is 11.0. The molecule has 0 N–H and O–H groups in total.